The Hall–Kier alpha value is -2.00. The molecule has 0 aliphatic carbocycles. The SMILES string of the molecule is CNc1nc(C)c([N+](=O)[O-])c(NCC(C)(O)CO)n1. The second-order valence-electron chi connectivity index (χ2n) is 4.35. The quantitative estimate of drug-likeness (QED) is 0.416. The van der Waals surface area contributed by atoms with Crippen LogP contribution in [0.15, 0.2) is 0 Å². The Morgan fingerprint density at radius 2 is 2.11 bits per heavy atom. The molecule has 19 heavy (non-hydrogen) atoms. The highest BCUT2D eigenvalue weighted by Gasteiger charge is 2.25. The van der Waals surface area contributed by atoms with Crippen molar-refractivity contribution in [3.63, 3.8) is 0 Å². The molecular weight excluding hydrogens is 254 g/mol. The molecule has 1 heterocycles. The third kappa shape index (κ3) is 3.73. The summed E-state index contributed by atoms with van der Waals surface area (Å²) < 4.78 is 0. The Balaban J connectivity index is 3.10. The number of hydrogen-bond donors (Lipinski definition) is 4. The van der Waals surface area contributed by atoms with Crippen LogP contribution in [-0.2, 0) is 0 Å². The van der Waals surface area contributed by atoms with Crippen molar-refractivity contribution >= 4 is 17.5 Å². The topological polar surface area (TPSA) is 133 Å². The molecule has 1 unspecified atom stereocenters. The van der Waals surface area contributed by atoms with Crippen LogP contribution >= 0.6 is 0 Å². The van der Waals surface area contributed by atoms with E-state index in [2.05, 4.69) is 20.6 Å². The van der Waals surface area contributed by atoms with Gasteiger partial charge in [-0.25, -0.2) is 4.98 Å². The summed E-state index contributed by atoms with van der Waals surface area (Å²) in [7, 11) is 1.59. The molecule has 0 amide bonds. The fourth-order valence-corrected chi connectivity index (χ4v) is 1.35. The Morgan fingerprint density at radius 3 is 2.58 bits per heavy atom. The van der Waals surface area contributed by atoms with E-state index in [0.29, 0.717) is 0 Å². The molecular formula is C10H17N5O4. The highest BCUT2D eigenvalue weighted by atomic mass is 16.6. The van der Waals surface area contributed by atoms with Crippen molar-refractivity contribution in [2.24, 2.45) is 0 Å². The summed E-state index contributed by atoms with van der Waals surface area (Å²) >= 11 is 0. The first kappa shape index (κ1) is 15.1. The molecule has 0 fully saturated rings. The predicted octanol–water partition coefficient (Wildman–Crippen LogP) is -0.110. The van der Waals surface area contributed by atoms with Gasteiger partial charge in [0.2, 0.25) is 11.8 Å². The molecule has 0 aliphatic rings. The van der Waals surface area contributed by atoms with Gasteiger partial charge in [-0.05, 0) is 13.8 Å². The van der Waals surface area contributed by atoms with E-state index in [0.717, 1.165) is 0 Å². The Morgan fingerprint density at radius 1 is 1.47 bits per heavy atom. The molecule has 0 saturated heterocycles. The van der Waals surface area contributed by atoms with E-state index < -0.39 is 17.1 Å². The molecule has 0 radical (unpaired) electrons. The van der Waals surface area contributed by atoms with Crippen molar-refractivity contribution in [2.45, 2.75) is 19.4 Å². The third-order valence-corrected chi connectivity index (χ3v) is 2.44. The second-order valence-corrected chi connectivity index (χ2v) is 4.35. The lowest BCUT2D eigenvalue weighted by Crippen LogP contribution is -2.37. The molecule has 0 aliphatic heterocycles. The van der Waals surface area contributed by atoms with Crippen LogP contribution in [0.4, 0.5) is 17.5 Å². The number of anilines is 2. The maximum Gasteiger partial charge on any atom is 0.332 e. The van der Waals surface area contributed by atoms with Gasteiger partial charge in [-0.3, -0.25) is 10.1 Å². The summed E-state index contributed by atoms with van der Waals surface area (Å²) in [5, 5.41) is 34.9. The van der Waals surface area contributed by atoms with E-state index in [4.69, 9.17) is 5.11 Å². The number of aliphatic hydroxyl groups excluding tert-OH is 1. The van der Waals surface area contributed by atoms with E-state index in [1.807, 2.05) is 0 Å². The van der Waals surface area contributed by atoms with Crippen molar-refractivity contribution in [2.75, 3.05) is 30.8 Å². The van der Waals surface area contributed by atoms with Gasteiger partial charge < -0.3 is 20.8 Å². The van der Waals surface area contributed by atoms with Gasteiger partial charge in [0.25, 0.3) is 0 Å². The first-order valence-corrected chi connectivity index (χ1v) is 5.58. The van der Waals surface area contributed by atoms with Crippen molar-refractivity contribution in [1.29, 1.82) is 0 Å². The van der Waals surface area contributed by atoms with E-state index >= 15 is 0 Å². The molecule has 4 N–H and O–H groups in total. The number of aromatic nitrogens is 2. The van der Waals surface area contributed by atoms with Gasteiger partial charge in [-0.1, -0.05) is 0 Å². The summed E-state index contributed by atoms with van der Waals surface area (Å²) in [6.45, 7) is 2.34. The van der Waals surface area contributed by atoms with Gasteiger partial charge in [0.05, 0.1) is 11.5 Å². The number of hydrogen-bond acceptors (Lipinski definition) is 8. The van der Waals surface area contributed by atoms with Crippen LogP contribution in [0.3, 0.4) is 0 Å². The summed E-state index contributed by atoms with van der Waals surface area (Å²) in [5.74, 6) is 0.227. The van der Waals surface area contributed by atoms with Crippen LogP contribution in [0.5, 0.6) is 0 Å². The summed E-state index contributed by atoms with van der Waals surface area (Å²) in [6.07, 6.45) is 0. The molecule has 106 valence electrons. The predicted molar refractivity (Wildman–Crippen MR) is 69.2 cm³/mol. The maximum absolute atomic E-state index is 11.0. The average molecular weight is 271 g/mol. The van der Waals surface area contributed by atoms with Crippen molar-refractivity contribution in [1.82, 2.24) is 9.97 Å². The van der Waals surface area contributed by atoms with Crippen LogP contribution in [0, 0.1) is 17.0 Å². The number of nitrogens with zero attached hydrogens (tertiary/aromatic N) is 3. The van der Waals surface area contributed by atoms with Crippen molar-refractivity contribution in [3.8, 4) is 0 Å². The first-order valence-electron chi connectivity index (χ1n) is 5.58. The lowest BCUT2D eigenvalue weighted by molar-refractivity contribution is -0.385. The standard InChI is InChI=1S/C10H17N5O4/c1-6-7(15(18)19)8(14-9(11-3)13-6)12-4-10(2,17)5-16/h16-17H,4-5H2,1-3H3,(H2,11,12,13,14). The summed E-state index contributed by atoms with van der Waals surface area (Å²) in [6, 6.07) is 0. The molecule has 0 bridgehead atoms. The zero-order valence-corrected chi connectivity index (χ0v) is 11.0. The minimum atomic E-state index is -1.40. The molecule has 1 aromatic rings. The van der Waals surface area contributed by atoms with Gasteiger partial charge in [-0.15, -0.1) is 0 Å². The van der Waals surface area contributed by atoms with Gasteiger partial charge in [0, 0.05) is 13.6 Å². The smallest absolute Gasteiger partial charge is 0.332 e. The van der Waals surface area contributed by atoms with Crippen LogP contribution in [0.2, 0.25) is 0 Å². The normalized spacial score (nSPS) is 13.7. The van der Waals surface area contributed by atoms with E-state index in [-0.39, 0.29) is 29.7 Å². The molecule has 9 nitrogen and oxygen atoms in total. The first-order chi connectivity index (χ1) is 8.80. The minimum Gasteiger partial charge on any atom is -0.393 e. The third-order valence-electron chi connectivity index (χ3n) is 2.44. The Bertz CT molecular complexity index is 477. The Labute approximate surface area is 109 Å². The molecule has 1 atom stereocenters. The Kier molecular flexibility index (Phi) is 4.57. The average Bonchev–Trinajstić information content (AvgIpc) is 2.35. The number of nitro groups is 1. The van der Waals surface area contributed by atoms with E-state index in [1.165, 1.54) is 13.8 Å². The lowest BCUT2D eigenvalue weighted by Gasteiger charge is -2.21. The van der Waals surface area contributed by atoms with Crippen molar-refractivity contribution < 1.29 is 15.1 Å². The molecule has 0 saturated carbocycles. The number of nitrogens with one attached hydrogen (secondary N) is 2. The lowest BCUT2D eigenvalue weighted by atomic mass is 10.1. The minimum absolute atomic E-state index is 0.00410. The highest BCUT2D eigenvalue weighted by Crippen LogP contribution is 2.26. The van der Waals surface area contributed by atoms with E-state index in [9.17, 15) is 15.2 Å². The second kappa shape index (κ2) is 5.76. The van der Waals surface area contributed by atoms with Crippen LogP contribution < -0.4 is 10.6 Å². The maximum atomic E-state index is 11.0. The molecule has 0 spiro atoms. The fourth-order valence-electron chi connectivity index (χ4n) is 1.35. The highest BCUT2D eigenvalue weighted by molar-refractivity contribution is 5.60. The summed E-state index contributed by atoms with van der Waals surface area (Å²) in [5.41, 5.74) is -1.45. The fraction of sp³-hybridized carbons (Fsp3) is 0.600. The molecule has 1 rings (SSSR count). The van der Waals surface area contributed by atoms with Gasteiger partial charge in [0.15, 0.2) is 0 Å². The molecule has 1 aromatic heterocycles. The summed E-state index contributed by atoms with van der Waals surface area (Å²) in [4.78, 5) is 18.3. The molecule has 0 aromatic carbocycles. The van der Waals surface area contributed by atoms with Crippen LogP contribution in [0.25, 0.3) is 0 Å². The monoisotopic (exact) mass is 271 g/mol. The van der Waals surface area contributed by atoms with Crippen LogP contribution in [-0.4, -0.2) is 50.9 Å². The molecule has 9 heteroatoms. The van der Waals surface area contributed by atoms with Gasteiger partial charge >= 0.3 is 5.69 Å². The zero-order valence-electron chi connectivity index (χ0n) is 11.0. The largest absolute Gasteiger partial charge is 0.393 e. The zero-order chi connectivity index (χ0) is 14.6. The van der Waals surface area contributed by atoms with Crippen LogP contribution in [0.1, 0.15) is 12.6 Å². The number of aliphatic hydroxyl groups is 2. The number of aryl methyl sites for hydroxylation is 1. The van der Waals surface area contributed by atoms with Gasteiger partial charge in [0.1, 0.15) is 11.3 Å². The van der Waals surface area contributed by atoms with E-state index in [1.54, 1.807) is 7.05 Å². The van der Waals surface area contributed by atoms with Crippen molar-refractivity contribution in [3.05, 3.63) is 15.8 Å². The number of rotatable bonds is 6. The van der Waals surface area contributed by atoms with Gasteiger partial charge in [-0.2, -0.15) is 4.98 Å².